The minimum atomic E-state index is -0.830. The van der Waals surface area contributed by atoms with Gasteiger partial charge in [0.15, 0.2) is 0 Å². The van der Waals surface area contributed by atoms with Crippen molar-refractivity contribution >= 4 is 23.5 Å². The summed E-state index contributed by atoms with van der Waals surface area (Å²) in [6, 6.07) is 1.53. The summed E-state index contributed by atoms with van der Waals surface area (Å²) >= 11 is 6.06. The van der Waals surface area contributed by atoms with Crippen LogP contribution < -0.4 is 10.1 Å². The molecule has 2 N–H and O–H groups in total. The lowest BCUT2D eigenvalue weighted by Crippen LogP contribution is -2.24. The number of carbonyl (C=O) groups excluding carboxylic acids is 1. The fourth-order valence-electron chi connectivity index (χ4n) is 1.84. The normalized spacial score (nSPS) is 13.7. The minimum Gasteiger partial charge on any atom is -0.481 e. The second kappa shape index (κ2) is 7.98. The van der Waals surface area contributed by atoms with Gasteiger partial charge in [-0.25, -0.2) is 4.98 Å². The minimum absolute atomic E-state index is 0.107. The number of nitrogens with one attached hydrogen (secondary N) is 1. The Hall–Kier alpha value is -1.82. The molecular weight excluding hydrogens is 308 g/mol. The molecule has 1 fully saturated rings. The van der Waals surface area contributed by atoms with Gasteiger partial charge in [-0.1, -0.05) is 11.6 Å². The zero-order chi connectivity index (χ0) is 15.9. The second-order valence-corrected chi connectivity index (χ2v) is 5.78. The molecule has 0 bridgehead atoms. The van der Waals surface area contributed by atoms with Crippen molar-refractivity contribution in [3.05, 3.63) is 22.8 Å². The van der Waals surface area contributed by atoms with Gasteiger partial charge in [-0.15, -0.1) is 0 Å². The van der Waals surface area contributed by atoms with Crippen molar-refractivity contribution in [3.8, 4) is 5.88 Å². The molecule has 0 atom stereocenters. The Bertz CT molecular complexity index is 546. The molecule has 0 radical (unpaired) electrons. The number of halogens is 1. The van der Waals surface area contributed by atoms with E-state index in [9.17, 15) is 9.59 Å². The van der Waals surface area contributed by atoms with Crippen molar-refractivity contribution < 1.29 is 19.4 Å². The van der Waals surface area contributed by atoms with E-state index in [1.807, 2.05) is 0 Å². The number of aliphatic carboxylic acids is 1. The van der Waals surface area contributed by atoms with Crippen molar-refractivity contribution in [1.29, 1.82) is 0 Å². The molecule has 0 aliphatic heterocycles. The third-order valence-corrected chi connectivity index (χ3v) is 3.60. The fourth-order valence-corrected chi connectivity index (χ4v) is 2.06. The Morgan fingerprint density at radius 3 is 2.82 bits per heavy atom. The molecule has 0 unspecified atom stereocenters. The molecule has 6 nitrogen and oxygen atoms in total. The lowest BCUT2D eigenvalue weighted by molar-refractivity contribution is -0.137. The zero-order valence-electron chi connectivity index (χ0n) is 12.2. The number of nitrogens with zero attached hydrogens (tertiary/aromatic N) is 1. The maximum Gasteiger partial charge on any atom is 0.303 e. The predicted molar refractivity (Wildman–Crippen MR) is 81.3 cm³/mol. The van der Waals surface area contributed by atoms with Crippen LogP contribution in [0, 0.1) is 5.92 Å². The van der Waals surface area contributed by atoms with E-state index >= 15 is 0 Å². The van der Waals surface area contributed by atoms with Gasteiger partial charge in [-0.05, 0) is 37.7 Å². The average Bonchev–Trinajstić information content (AvgIpc) is 3.29. The molecule has 1 aromatic heterocycles. The number of aromatic nitrogens is 1. The van der Waals surface area contributed by atoms with Crippen LogP contribution in [0.3, 0.4) is 0 Å². The highest BCUT2D eigenvalue weighted by molar-refractivity contribution is 6.32. The maximum absolute atomic E-state index is 11.9. The first-order valence-corrected chi connectivity index (χ1v) is 7.72. The quantitative estimate of drug-likeness (QED) is 0.681. The molecular formula is C15H19ClN2O4. The molecule has 0 spiro atoms. The van der Waals surface area contributed by atoms with Crippen molar-refractivity contribution in [3.63, 3.8) is 0 Å². The Morgan fingerprint density at radius 1 is 1.41 bits per heavy atom. The predicted octanol–water partition coefficient (Wildman–Crippen LogP) is 2.51. The standard InChI is InChI=1S/C15H19ClN2O4/c16-12-7-11(8-18-15(12)22-9-10-4-5-10)14(21)17-6-2-1-3-13(19)20/h7-8,10H,1-6,9H2,(H,17,21)(H,19,20). The van der Waals surface area contributed by atoms with E-state index in [1.54, 1.807) is 0 Å². The molecule has 1 aliphatic carbocycles. The van der Waals surface area contributed by atoms with Crippen molar-refractivity contribution in [2.45, 2.75) is 32.1 Å². The summed E-state index contributed by atoms with van der Waals surface area (Å²) in [7, 11) is 0. The number of unbranched alkanes of at least 4 members (excludes halogenated alkanes) is 1. The molecule has 0 aromatic carbocycles. The molecule has 1 saturated carbocycles. The first-order valence-electron chi connectivity index (χ1n) is 7.34. The molecule has 1 heterocycles. The number of ether oxygens (including phenoxy) is 1. The maximum atomic E-state index is 11.9. The van der Waals surface area contributed by atoms with Gasteiger partial charge in [-0.2, -0.15) is 0 Å². The molecule has 1 amide bonds. The third-order valence-electron chi connectivity index (χ3n) is 3.33. The Labute approximate surface area is 133 Å². The molecule has 1 aliphatic rings. The van der Waals surface area contributed by atoms with Crippen LogP contribution >= 0.6 is 11.6 Å². The van der Waals surface area contributed by atoms with E-state index in [4.69, 9.17) is 21.4 Å². The van der Waals surface area contributed by atoms with Crippen LogP contribution in [0.25, 0.3) is 0 Å². The number of amides is 1. The van der Waals surface area contributed by atoms with Crippen LogP contribution in [0.2, 0.25) is 5.02 Å². The summed E-state index contributed by atoms with van der Waals surface area (Å²) < 4.78 is 5.50. The summed E-state index contributed by atoms with van der Waals surface area (Å²) in [5.41, 5.74) is 0.363. The van der Waals surface area contributed by atoms with E-state index in [0.29, 0.717) is 48.4 Å². The van der Waals surface area contributed by atoms with Crippen LogP contribution in [0.5, 0.6) is 5.88 Å². The lowest BCUT2D eigenvalue weighted by atomic mass is 10.2. The molecule has 120 valence electrons. The molecule has 22 heavy (non-hydrogen) atoms. The fraction of sp³-hybridized carbons (Fsp3) is 0.533. The van der Waals surface area contributed by atoms with Crippen LogP contribution in [0.15, 0.2) is 12.3 Å². The van der Waals surface area contributed by atoms with Gasteiger partial charge in [0.25, 0.3) is 5.91 Å². The van der Waals surface area contributed by atoms with E-state index < -0.39 is 5.97 Å². The Morgan fingerprint density at radius 2 is 2.18 bits per heavy atom. The number of rotatable bonds is 9. The summed E-state index contributed by atoms with van der Waals surface area (Å²) in [5, 5.41) is 11.5. The summed E-state index contributed by atoms with van der Waals surface area (Å²) in [6.45, 7) is 1.03. The number of carboxylic acid groups (broad SMARTS) is 1. The summed E-state index contributed by atoms with van der Waals surface area (Å²) in [6.07, 6.45) is 5.04. The number of carboxylic acids is 1. The van der Waals surface area contributed by atoms with E-state index in [2.05, 4.69) is 10.3 Å². The smallest absolute Gasteiger partial charge is 0.303 e. The number of pyridine rings is 1. The van der Waals surface area contributed by atoms with Crippen LogP contribution in [0.4, 0.5) is 0 Å². The Balaban J connectivity index is 1.76. The van der Waals surface area contributed by atoms with Crippen molar-refractivity contribution in [2.24, 2.45) is 5.92 Å². The van der Waals surface area contributed by atoms with Gasteiger partial charge < -0.3 is 15.2 Å². The summed E-state index contributed by atoms with van der Waals surface area (Å²) in [4.78, 5) is 26.4. The first-order chi connectivity index (χ1) is 10.6. The highest BCUT2D eigenvalue weighted by Crippen LogP contribution is 2.30. The van der Waals surface area contributed by atoms with Crippen molar-refractivity contribution in [1.82, 2.24) is 10.3 Å². The van der Waals surface area contributed by atoms with Gasteiger partial charge >= 0.3 is 5.97 Å². The number of hydrogen-bond acceptors (Lipinski definition) is 4. The van der Waals surface area contributed by atoms with Gasteiger partial charge in [0.1, 0.15) is 5.02 Å². The van der Waals surface area contributed by atoms with Crippen LogP contribution in [0.1, 0.15) is 42.5 Å². The summed E-state index contributed by atoms with van der Waals surface area (Å²) in [5.74, 6) is -0.152. The largest absolute Gasteiger partial charge is 0.481 e. The highest BCUT2D eigenvalue weighted by atomic mass is 35.5. The molecule has 7 heteroatoms. The highest BCUT2D eigenvalue weighted by Gasteiger charge is 2.22. The van der Waals surface area contributed by atoms with Crippen LogP contribution in [-0.4, -0.2) is 35.1 Å². The average molecular weight is 327 g/mol. The monoisotopic (exact) mass is 326 g/mol. The van der Waals surface area contributed by atoms with Gasteiger partial charge in [0, 0.05) is 19.2 Å². The SMILES string of the molecule is O=C(O)CCCCNC(=O)c1cnc(OCC2CC2)c(Cl)c1. The number of hydrogen-bond donors (Lipinski definition) is 2. The van der Waals surface area contributed by atoms with Crippen LogP contribution in [-0.2, 0) is 4.79 Å². The Kier molecular flexibility index (Phi) is 6.00. The third kappa shape index (κ3) is 5.52. The second-order valence-electron chi connectivity index (χ2n) is 5.37. The van der Waals surface area contributed by atoms with Crippen molar-refractivity contribution in [2.75, 3.05) is 13.2 Å². The molecule has 1 aromatic rings. The van der Waals surface area contributed by atoms with E-state index in [1.165, 1.54) is 25.1 Å². The number of carbonyl (C=O) groups is 2. The molecule has 0 saturated heterocycles. The topological polar surface area (TPSA) is 88.5 Å². The van der Waals surface area contributed by atoms with Gasteiger partial charge in [-0.3, -0.25) is 9.59 Å². The van der Waals surface area contributed by atoms with Gasteiger partial charge in [0.2, 0.25) is 5.88 Å². The molecule has 2 rings (SSSR count). The first kappa shape index (κ1) is 16.5. The zero-order valence-corrected chi connectivity index (χ0v) is 12.9. The van der Waals surface area contributed by atoms with Gasteiger partial charge in [0.05, 0.1) is 12.2 Å². The van der Waals surface area contributed by atoms with E-state index in [0.717, 1.165) is 0 Å². The lowest BCUT2D eigenvalue weighted by Gasteiger charge is -2.08. The van der Waals surface area contributed by atoms with E-state index in [-0.39, 0.29) is 12.3 Å².